The van der Waals surface area contributed by atoms with Gasteiger partial charge in [0.05, 0.1) is 22.4 Å². The van der Waals surface area contributed by atoms with Gasteiger partial charge in [0.1, 0.15) is 10.4 Å². The van der Waals surface area contributed by atoms with Crippen molar-refractivity contribution in [1.29, 1.82) is 0 Å². The number of thiophene rings is 1. The maximum absolute atomic E-state index is 6.65. The molecular weight excluding hydrogens is 571 g/mol. The fraction of sp³-hybridized carbons (Fsp3) is 0. The molecule has 4 heterocycles. The molecule has 0 radical (unpaired) electrons. The minimum Gasteiger partial charge on any atom is -0.454 e. The quantitative estimate of drug-likeness (QED) is 0.205. The van der Waals surface area contributed by atoms with E-state index in [2.05, 4.69) is 114 Å². The standard InChI is InChI=1S/C40H23N3OS/c1-2-12-24(13-3-1)39-41-36(35-30-17-7-11-21-34(30)45-40(35)42-39)29-16-5-9-19-32(29)43-31-18-8-4-14-25(31)27-22-23-28-26-15-6-10-20-33(26)44-38(28)37(27)43/h1-23H. The number of furan rings is 1. The molecule has 0 saturated heterocycles. The molecule has 0 unspecified atom stereocenters. The van der Waals surface area contributed by atoms with Crippen LogP contribution in [0.3, 0.4) is 0 Å². The van der Waals surface area contributed by atoms with Crippen molar-refractivity contribution in [2.45, 2.75) is 0 Å². The zero-order valence-electron chi connectivity index (χ0n) is 23.9. The summed E-state index contributed by atoms with van der Waals surface area (Å²) >= 11 is 1.72. The number of fused-ring (bicyclic) bond motifs is 10. The molecule has 0 bridgehead atoms. The van der Waals surface area contributed by atoms with E-state index in [-0.39, 0.29) is 0 Å². The van der Waals surface area contributed by atoms with Gasteiger partial charge in [0.15, 0.2) is 11.4 Å². The third-order valence-corrected chi connectivity index (χ3v) is 9.92. The number of hydrogen-bond donors (Lipinski definition) is 0. The Hall–Kier alpha value is -5.78. The van der Waals surface area contributed by atoms with Crippen molar-refractivity contribution in [1.82, 2.24) is 14.5 Å². The summed E-state index contributed by atoms with van der Waals surface area (Å²) in [7, 11) is 0. The Labute approximate surface area is 261 Å². The van der Waals surface area contributed by atoms with Crippen LogP contribution < -0.4 is 0 Å². The predicted octanol–water partition coefficient (Wildman–Crippen LogP) is 11.2. The second kappa shape index (κ2) is 9.36. The van der Waals surface area contributed by atoms with Crippen molar-refractivity contribution in [3.8, 4) is 28.3 Å². The lowest BCUT2D eigenvalue weighted by Crippen LogP contribution is -2.00. The summed E-state index contributed by atoms with van der Waals surface area (Å²) in [4.78, 5) is 11.4. The lowest BCUT2D eigenvalue weighted by Gasteiger charge is -2.15. The van der Waals surface area contributed by atoms with Gasteiger partial charge in [-0.25, -0.2) is 9.97 Å². The molecule has 0 aliphatic heterocycles. The summed E-state index contributed by atoms with van der Waals surface area (Å²) in [5.74, 6) is 0.723. The highest BCUT2D eigenvalue weighted by Gasteiger charge is 2.23. The Bertz CT molecular complexity index is 2770. The van der Waals surface area contributed by atoms with E-state index in [1.807, 2.05) is 30.3 Å². The summed E-state index contributed by atoms with van der Waals surface area (Å²) in [5.41, 5.74) is 7.97. The van der Waals surface area contributed by atoms with E-state index in [1.54, 1.807) is 11.3 Å². The second-order valence-corrected chi connectivity index (χ2v) is 12.4. The number of aromatic nitrogens is 3. The molecule has 4 aromatic heterocycles. The molecule has 10 rings (SSSR count). The summed E-state index contributed by atoms with van der Waals surface area (Å²) in [6.07, 6.45) is 0. The summed E-state index contributed by atoms with van der Waals surface area (Å²) in [5, 5.41) is 6.82. The fourth-order valence-electron chi connectivity index (χ4n) is 6.88. The van der Waals surface area contributed by atoms with Crippen LogP contribution in [0.15, 0.2) is 144 Å². The van der Waals surface area contributed by atoms with Crippen molar-refractivity contribution in [3.63, 3.8) is 0 Å². The molecule has 0 amide bonds. The first-order valence-electron chi connectivity index (χ1n) is 15.0. The first kappa shape index (κ1) is 24.6. The van der Waals surface area contributed by atoms with Gasteiger partial charge in [0.25, 0.3) is 0 Å². The van der Waals surface area contributed by atoms with Gasteiger partial charge in [-0.3, -0.25) is 0 Å². The van der Waals surface area contributed by atoms with Gasteiger partial charge in [-0.1, -0.05) is 109 Å². The molecule has 4 nitrogen and oxygen atoms in total. The van der Waals surface area contributed by atoms with Crippen LogP contribution in [0.1, 0.15) is 0 Å². The van der Waals surface area contributed by atoms with Crippen LogP contribution >= 0.6 is 11.3 Å². The second-order valence-electron chi connectivity index (χ2n) is 11.3. The Balaban J connectivity index is 1.37. The molecule has 45 heavy (non-hydrogen) atoms. The molecule has 0 fully saturated rings. The third-order valence-electron chi connectivity index (χ3n) is 8.85. The van der Waals surface area contributed by atoms with Gasteiger partial charge in [0, 0.05) is 48.1 Å². The number of rotatable bonds is 3. The molecule has 0 atom stereocenters. The zero-order valence-corrected chi connectivity index (χ0v) is 24.8. The van der Waals surface area contributed by atoms with Crippen molar-refractivity contribution < 1.29 is 4.42 Å². The maximum atomic E-state index is 6.65. The van der Waals surface area contributed by atoms with Crippen molar-refractivity contribution >= 4 is 75.4 Å². The Kier molecular flexibility index (Phi) is 5.12. The molecule has 210 valence electrons. The molecule has 5 heteroatoms. The van der Waals surface area contributed by atoms with E-state index in [9.17, 15) is 0 Å². The molecule has 6 aromatic carbocycles. The first-order valence-corrected chi connectivity index (χ1v) is 15.8. The molecular formula is C40H23N3OS. The lowest BCUT2D eigenvalue weighted by atomic mass is 10.0. The topological polar surface area (TPSA) is 43.9 Å². The number of nitrogens with zero attached hydrogens (tertiary/aromatic N) is 3. The van der Waals surface area contributed by atoms with E-state index in [4.69, 9.17) is 14.4 Å². The van der Waals surface area contributed by atoms with Crippen LogP contribution in [0.5, 0.6) is 0 Å². The molecule has 0 N–H and O–H groups in total. The Morgan fingerprint density at radius 3 is 2.18 bits per heavy atom. The zero-order chi connectivity index (χ0) is 29.5. The normalized spacial score (nSPS) is 12.0. The maximum Gasteiger partial charge on any atom is 0.161 e. The summed E-state index contributed by atoms with van der Waals surface area (Å²) < 4.78 is 10.2. The molecule has 0 aliphatic rings. The average molecular weight is 594 g/mol. The molecule has 0 spiro atoms. The van der Waals surface area contributed by atoms with Gasteiger partial charge in [0.2, 0.25) is 0 Å². The molecule has 0 aliphatic carbocycles. The largest absolute Gasteiger partial charge is 0.454 e. The Morgan fingerprint density at radius 1 is 0.556 bits per heavy atom. The van der Waals surface area contributed by atoms with E-state index >= 15 is 0 Å². The lowest BCUT2D eigenvalue weighted by molar-refractivity contribution is 0.671. The van der Waals surface area contributed by atoms with Gasteiger partial charge in [-0.05, 0) is 30.3 Å². The van der Waals surface area contributed by atoms with E-state index in [1.165, 1.54) is 15.5 Å². The van der Waals surface area contributed by atoms with Crippen LogP contribution in [0.25, 0.3) is 92.4 Å². The van der Waals surface area contributed by atoms with E-state index in [0.717, 1.165) is 76.9 Å². The highest BCUT2D eigenvalue weighted by Crippen LogP contribution is 2.44. The van der Waals surface area contributed by atoms with Gasteiger partial charge >= 0.3 is 0 Å². The Morgan fingerprint density at radius 2 is 1.27 bits per heavy atom. The van der Waals surface area contributed by atoms with Crippen molar-refractivity contribution in [3.05, 3.63) is 140 Å². The monoisotopic (exact) mass is 593 g/mol. The van der Waals surface area contributed by atoms with E-state index < -0.39 is 0 Å². The minimum absolute atomic E-state index is 0.723. The summed E-state index contributed by atoms with van der Waals surface area (Å²) in [6.45, 7) is 0. The fourth-order valence-corrected chi connectivity index (χ4v) is 7.96. The van der Waals surface area contributed by atoms with Gasteiger partial charge in [-0.15, -0.1) is 11.3 Å². The van der Waals surface area contributed by atoms with Gasteiger partial charge < -0.3 is 8.98 Å². The number of para-hydroxylation sites is 3. The smallest absolute Gasteiger partial charge is 0.161 e. The van der Waals surface area contributed by atoms with Crippen LogP contribution in [-0.2, 0) is 0 Å². The highest BCUT2D eigenvalue weighted by atomic mass is 32.1. The summed E-state index contributed by atoms with van der Waals surface area (Å²) in [6, 6.07) is 48.8. The van der Waals surface area contributed by atoms with Crippen LogP contribution in [0.4, 0.5) is 0 Å². The number of benzene rings is 6. The number of hydrogen-bond acceptors (Lipinski definition) is 4. The van der Waals surface area contributed by atoms with E-state index in [0.29, 0.717) is 0 Å². The van der Waals surface area contributed by atoms with Gasteiger partial charge in [-0.2, -0.15) is 0 Å². The third kappa shape index (κ3) is 3.53. The van der Waals surface area contributed by atoms with Crippen LogP contribution in [0.2, 0.25) is 0 Å². The highest BCUT2D eigenvalue weighted by molar-refractivity contribution is 7.25. The predicted molar refractivity (Wildman–Crippen MR) is 187 cm³/mol. The molecule has 0 saturated carbocycles. The minimum atomic E-state index is 0.723. The molecule has 10 aromatic rings. The first-order chi connectivity index (χ1) is 22.3. The SMILES string of the molecule is c1ccc(-c2nc(-c3ccccc3-n3c4ccccc4c4ccc5c6ccccc6oc5c43)c3c(n2)sc2ccccc23)cc1. The van der Waals surface area contributed by atoms with Crippen molar-refractivity contribution in [2.24, 2.45) is 0 Å². The van der Waals surface area contributed by atoms with Crippen LogP contribution in [0, 0.1) is 0 Å². The van der Waals surface area contributed by atoms with Crippen molar-refractivity contribution in [2.75, 3.05) is 0 Å². The average Bonchev–Trinajstić information content (AvgIpc) is 3.78. The van der Waals surface area contributed by atoms with Crippen LogP contribution in [-0.4, -0.2) is 14.5 Å².